The molecule has 1 aromatic rings. The van der Waals surface area contributed by atoms with Crippen molar-refractivity contribution in [3.05, 3.63) is 29.8 Å². The van der Waals surface area contributed by atoms with Crippen molar-refractivity contribution in [3.63, 3.8) is 0 Å². The van der Waals surface area contributed by atoms with Crippen molar-refractivity contribution < 1.29 is 13.5 Å². The SMILES string of the molecule is CC/S(C[C@]12CC[C@H](C[C@H]1O)C2(C)C)=N\S(=O)(=O)c1ccc(C)cc1. The van der Waals surface area contributed by atoms with E-state index in [1.54, 1.807) is 24.3 Å². The van der Waals surface area contributed by atoms with Gasteiger partial charge in [-0.3, -0.25) is 0 Å². The van der Waals surface area contributed by atoms with E-state index < -0.39 is 20.7 Å². The van der Waals surface area contributed by atoms with E-state index in [4.69, 9.17) is 0 Å². The van der Waals surface area contributed by atoms with Crippen LogP contribution in [-0.2, 0) is 20.7 Å². The second-order valence-corrected chi connectivity index (χ2v) is 11.9. The van der Waals surface area contributed by atoms with Crippen molar-refractivity contribution in [2.24, 2.45) is 20.5 Å². The summed E-state index contributed by atoms with van der Waals surface area (Å²) in [4.78, 5) is 0.261. The van der Waals surface area contributed by atoms with Crippen LogP contribution in [0, 0.1) is 23.7 Å². The van der Waals surface area contributed by atoms with E-state index in [1.165, 1.54) is 0 Å². The number of hydrogen-bond donors (Lipinski definition) is 1. The lowest BCUT2D eigenvalue weighted by Gasteiger charge is -2.41. The smallest absolute Gasteiger partial charge is 0.287 e. The summed E-state index contributed by atoms with van der Waals surface area (Å²) < 4.78 is 29.7. The summed E-state index contributed by atoms with van der Waals surface area (Å²) in [7, 11) is -4.25. The number of aliphatic hydroxyl groups is 1. The van der Waals surface area contributed by atoms with Crippen LogP contribution >= 0.6 is 0 Å². The molecule has 0 radical (unpaired) electrons. The van der Waals surface area contributed by atoms with E-state index in [0.29, 0.717) is 17.4 Å². The van der Waals surface area contributed by atoms with Gasteiger partial charge in [-0.1, -0.05) is 49.2 Å². The van der Waals surface area contributed by atoms with Gasteiger partial charge in [-0.05, 0) is 49.7 Å². The van der Waals surface area contributed by atoms with E-state index in [0.717, 1.165) is 24.8 Å². The topological polar surface area (TPSA) is 66.7 Å². The number of fused-ring (bicyclic) bond motifs is 2. The number of nitrogens with zero attached hydrogens (tertiary/aromatic N) is 1. The third-order valence-electron chi connectivity index (χ3n) is 6.67. The van der Waals surface area contributed by atoms with Gasteiger partial charge in [0.1, 0.15) is 0 Å². The van der Waals surface area contributed by atoms with Crippen molar-refractivity contribution >= 4 is 20.7 Å². The lowest BCUT2D eigenvalue weighted by Crippen LogP contribution is -2.43. The van der Waals surface area contributed by atoms with Crippen molar-refractivity contribution in [1.82, 2.24) is 0 Å². The van der Waals surface area contributed by atoms with E-state index in [9.17, 15) is 13.5 Å². The molecule has 2 aliphatic carbocycles. The van der Waals surface area contributed by atoms with Crippen LogP contribution in [0.1, 0.15) is 45.6 Å². The molecule has 4 nitrogen and oxygen atoms in total. The minimum Gasteiger partial charge on any atom is -0.392 e. The van der Waals surface area contributed by atoms with Crippen LogP contribution in [0.4, 0.5) is 0 Å². The molecule has 0 amide bonds. The van der Waals surface area contributed by atoms with Crippen LogP contribution in [0.5, 0.6) is 0 Å². The summed E-state index contributed by atoms with van der Waals surface area (Å²) in [5.41, 5.74) is 0.888. The zero-order chi connectivity index (χ0) is 18.5. The Morgan fingerprint density at radius 1 is 1.28 bits per heavy atom. The van der Waals surface area contributed by atoms with E-state index in [1.807, 2.05) is 13.8 Å². The van der Waals surface area contributed by atoms with Gasteiger partial charge in [0.25, 0.3) is 10.0 Å². The predicted molar refractivity (Wildman–Crippen MR) is 103 cm³/mol. The normalized spacial score (nSPS) is 32.2. The van der Waals surface area contributed by atoms with Gasteiger partial charge in [-0.25, -0.2) is 0 Å². The third kappa shape index (κ3) is 3.10. The Labute approximate surface area is 154 Å². The standard InChI is InChI=1S/C19H29NO3S2/c1-5-24(20-25(22,23)16-8-6-14(2)7-9-16)13-19-11-10-15(12-17(19)21)18(19,3)4/h6-9,15,17,21H,5,10-13H2,1-4H3/t15-,17-,19-,24?/m1/s1. The molecule has 0 aliphatic heterocycles. The number of aliphatic hydroxyl groups excluding tert-OH is 1. The van der Waals surface area contributed by atoms with Crippen LogP contribution in [0.3, 0.4) is 0 Å². The summed E-state index contributed by atoms with van der Waals surface area (Å²) in [6.07, 6.45) is 2.63. The molecule has 2 bridgehead atoms. The first-order valence-corrected chi connectivity index (χ1v) is 12.0. The Bertz CT molecular complexity index is 783. The number of rotatable bonds is 5. The fourth-order valence-electron chi connectivity index (χ4n) is 4.75. The van der Waals surface area contributed by atoms with Gasteiger partial charge in [0.15, 0.2) is 0 Å². The maximum Gasteiger partial charge on any atom is 0.287 e. The lowest BCUT2D eigenvalue weighted by atomic mass is 9.70. The number of hydrogen-bond acceptors (Lipinski definition) is 3. The molecule has 140 valence electrons. The Morgan fingerprint density at radius 2 is 1.92 bits per heavy atom. The molecule has 0 aromatic heterocycles. The van der Waals surface area contributed by atoms with Crippen LogP contribution < -0.4 is 0 Å². The van der Waals surface area contributed by atoms with Crippen molar-refractivity contribution in [2.75, 3.05) is 11.5 Å². The highest BCUT2D eigenvalue weighted by Gasteiger charge is 2.63. The van der Waals surface area contributed by atoms with Gasteiger partial charge < -0.3 is 5.11 Å². The van der Waals surface area contributed by atoms with Crippen molar-refractivity contribution in [2.45, 2.75) is 58.0 Å². The summed E-state index contributed by atoms with van der Waals surface area (Å²) in [6, 6.07) is 6.86. The predicted octanol–water partition coefficient (Wildman–Crippen LogP) is 3.69. The number of sulfonamides is 1. The average Bonchev–Trinajstić information content (AvgIpc) is 2.89. The molecule has 0 spiro atoms. The van der Waals surface area contributed by atoms with Gasteiger partial charge in [-0.15, -0.1) is 3.77 Å². The molecule has 2 fully saturated rings. The van der Waals surface area contributed by atoms with Crippen LogP contribution in [0.2, 0.25) is 0 Å². The minimum atomic E-state index is -3.65. The molecule has 3 rings (SSSR count). The highest BCUT2D eigenvalue weighted by atomic mass is 32.3. The molecule has 4 atom stereocenters. The molecule has 6 heteroatoms. The highest BCUT2D eigenvalue weighted by molar-refractivity contribution is 8.00. The molecular formula is C19H29NO3S2. The largest absolute Gasteiger partial charge is 0.392 e. The van der Waals surface area contributed by atoms with E-state index in [2.05, 4.69) is 17.6 Å². The lowest BCUT2D eigenvalue weighted by molar-refractivity contribution is 0.0164. The fourth-order valence-corrected chi connectivity index (χ4v) is 8.82. The molecule has 1 unspecified atom stereocenters. The summed E-state index contributed by atoms with van der Waals surface area (Å²) in [6.45, 7) is 8.41. The Kier molecular flexibility index (Phi) is 4.93. The first-order chi connectivity index (χ1) is 11.6. The van der Waals surface area contributed by atoms with Crippen LogP contribution in [0.25, 0.3) is 0 Å². The molecule has 1 aromatic carbocycles. The molecule has 2 aliphatic rings. The zero-order valence-electron chi connectivity index (χ0n) is 15.5. The second kappa shape index (κ2) is 6.46. The van der Waals surface area contributed by atoms with E-state index >= 15 is 0 Å². The Balaban J connectivity index is 1.92. The third-order valence-corrected chi connectivity index (χ3v) is 10.7. The van der Waals surface area contributed by atoms with Crippen molar-refractivity contribution in [1.29, 1.82) is 0 Å². The van der Waals surface area contributed by atoms with E-state index in [-0.39, 0.29) is 21.8 Å². The van der Waals surface area contributed by atoms with Gasteiger partial charge in [0.2, 0.25) is 0 Å². The zero-order valence-corrected chi connectivity index (χ0v) is 17.2. The summed E-state index contributed by atoms with van der Waals surface area (Å²) in [5, 5.41) is 10.7. The minimum absolute atomic E-state index is 0.0516. The van der Waals surface area contributed by atoms with Gasteiger partial charge in [0.05, 0.1) is 11.0 Å². The maximum absolute atomic E-state index is 12.7. The molecule has 1 N–H and O–H groups in total. The number of benzene rings is 1. The van der Waals surface area contributed by atoms with Gasteiger partial charge >= 0.3 is 0 Å². The monoisotopic (exact) mass is 383 g/mol. The second-order valence-electron chi connectivity index (χ2n) is 8.12. The first kappa shape index (κ1) is 19.1. The molecule has 2 saturated carbocycles. The number of aryl methyl sites for hydroxylation is 1. The molecule has 0 heterocycles. The molecular weight excluding hydrogens is 354 g/mol. The highest BCUT2D eigenvalue weighted by Crippen LogP contribution is 2.66. The van der Waals surface area contributed by atoms with Gasteiger partial charge in [-0.2, -0.15) is 8.42 Å². The van der Waals surface area contributed by atoms with Crippen molar-refractivity contribution in [3.8, 4) is 0 Å². The van der Waals surface area contributed by atoms with Crippen LogP contribution in [0.15, 0.2) is 32.9 Å². The molecule has 0 saturated heterocycles. The first-order valence-electron chi connectivity index (χ1n) is 9.03. The average molecular weight is 384 g/mol. The summed E-state index contributed by atoms with van der Waals surface area (Å²) >= 11 is 0. The quantitative estimate of drug-likeness (QED) is 0.843. The maximum atomic E-state index is 12.7. The Hall–Kier alpha value is -0.720. The molecule has 25 heavy (non-hydrogen) atoms. The van der Waals surface area contributed by atoms with Gasteiger partial charge in [0, 0.05) is 16.9 Å². The van der Waals surface area contributed by atoms with Crippen LogP contribution in [-0.4, -0.2) is 31.1 Å². The fraction of sp³-hybridized carbons (Fsp3) is 0.684. The Morgan fingerprint density at radius 3 is 2.40 bits per heavy atom. The summed E-state index contributed by atoms with van der Waals surface area (Å²) in [5.74, 6) is 1.91.